The number of fused-ring (bicyclic) bond motifs is 1. The number of carbonyl (C=O) groups excluding carboxylic acids is 1. The summed E-state index contributed by atoms with van der Waals surface area (Å²) < 4.78 is 1.41. The lowest BCUT2D eigenvalue weighted by Gasteiger charge is -2.21. The first-order valence-corrected chi connectivity index (χ1v) is 11.2. The molecule has 0 unspecified atom stereocenters. The van der Waals surface area contributed by atoms with E-state index in [9.17, 15) is 14.4 Å². The molecule has 0 saturated carbocycles. The van der Waals surface area contributed by atoms with Gasteiger partial charge < -0.3 is 10.2 Å². The van der Waals surface area contributed by atoms with Crippen LogP contribution in [0.25, 0.3) is 11.0 Å². The number of pyridine rings is 2. The summed E-state index contributed by atoms with van der Waals surface area (Å²) in [7, 11) is 0. The molecule has 168 valence electrons. The fraction of sp³-hybridized carbons (Fsp3) is 0.435. The molecule has 32 heavy (non-hydrogen) atoms. The molecule has 9 nitrogen and oxygen atoms in total. The van der Waals surface area contributed by atoms with Gasteiger partial charge in [-0.25, -0.2) is 14.8 Å². The third-order valence-corrected chi connectivity index (χ3v) is 5.73. The lowest BCUT2D eigenvalue weighted by molar-refractivity contribution is 0.0950. The van der Waals surface area contributed by atoms with Crippen LogP contribution in [-0.2, 0) is 13.1 Å². The Morgan fingerprint density at radius 1 is 1.09 bits per heavy atom. The Morgan fingerprint density at radius 2 is 1.88 bits per heavy atom. The van der Waals surface area contributed by atoms with Crippen LogP contribution < -0.4 is 21.5 Å². The molecule has 2 N–H and O–H groups in total. The summed E-state index contributed by atoms with van der Waals surface area (Å²) >= 11 is 0. The van der Waals surface area contributed by atoms with Crippen molar-refractivity contribution in [1.29, 1.82) is 0 Å². The number of nitrogens with zero attached hydrogens (tertiary/aromatic N) is 4. The molecular weight excluding hydrogens is 408 g/mol. The monoisotopic (exact) mass is 436 g/mol. The minimum Gasteiger partial charge on any atom is -0.357 e. The highest BCUT2D eigenvalue weighted by Gasteiger charge is 2.14. The second-order valence-electron chi connectivity index (χ2n) is 8.11. The maximum Gasteiger partial charge on any atom is 0.329 e. The molecule has 1 aliphatic rings. The van der Waals surface area contributed by atoms with Crippen molar-refractivity contribution in [2.75, 3.05) is 18.0 Å². The Morgan fingerprint density at radius 3 is 2.56 bits per heavy atom. The van der Waals surface area contributed by atoms with Gasteiger partial charge in [0.25, 0.3) is 11.5 Å². The molecule has 3 aromatic rings. The largest absolute Gasteiger partial charge is 0.357 e. The van der Waals surface area contributed by atoms with Gasteiger partial charge in [0.1, 0.15) is 11.5 Å². The summed E-state index contributed by atoms with van der Waals surface area (Å²) in [6, 6.07) is 5.44. The van der Waals surface area contributed by atoms with Crippen LogP contribution in [0.3, 0.4) is 0 Å². The van der Waals surface area contributed by atoms with Crippen LogP contribution in [0, 0.1) is 0 Å². The molecule has 1 fully saturated rings. The second kappa shape index (κ2) is 9.76. The summed E-state index contributed by atoms with van der Waals surface area (Å²) in [4.78, 5) is 50.3. The third kappa shape index (κ3) is 4.71. The van der Waals surface area contributed by atoms with Crippen molar-refractivity contribution in [1.82, 2.24) is 24.8 Å². The molecule has 0 bridgehead atoms. The SMILES string of the molecule is CCCn1c(=O)[nH]c(=O)c2cc(C(=O)NCc3ccc(N4CCCCCC4)nc3)cnc21. The highest BCUT2D eigenvalue weighted by molar-refractivity contribution is 5.96. The lowest BCUT2D eigenvalue weighted by atomic mass is 10.2. The van der Waals surface area contributed by atoms with E-state index < -0.39 is 11.2 Å². The van der Waals surface area contributed by atoms with Crippen molar-refractivity contribution in [2.24, 2.45) is 0 Å². The van der Waals surface area contributed by atoms with Crippen LogP contribution in [0.4, 0.5) is 5.82 Å². The number of rotatable bonds is 6. The summed E-state index contributed by atoms with van der Waals surface area (Å²) in [6.07, 6.45) is 8.82. The minimum absolute atomic E-state index is 0.217. The van der Waals surface area contributed by atoms with Crippen LogP contribution in [-0.4, -0.2) is 38.5 Å². The summed E-state index contributed by atoms with van der Waals surface area (Å²) in [6.45, 7) is 4.74. The van der Waals surface area contributed by atoms with E-state index in [-0.39, 0.29) is 22.5 Å². The predicted octanol–water partition coefficient (Wildman–Crippen LogP) is 2.20. The lowest BCUT2D eigenvalue weighted by Crippen LogP contribution is -2.31. The van der Waals surface area contributed by atoms with Crippen LogP contribution in [0.1, 0.15) is 54.9 Å². The molecule has 9 heteroatoms. The van der Waals surface area contributed by atoms with Gasteiger partial charge >= 0.3 is 5.69 Å². The van der Waals surface area contributed by atoms with Crippen molar-refractivity contribution >= 4 is 22.8 Å². The zero-order chi connectivity index (χ0) is 22.5. The van der Waals surface area contributed by atoms with E-state index in [4.69, 9.17) is 0 Å². The number of aryl methyl sites for hydroxylation is 1. The maximum atomic E-state index is 12.6. The topological polar surface area (TPSA) is 113 Å². The number of amides is 1. The summed E-state index contributed by atoms with van der Waals surface area (Å²) in [5.41, 5.74) is 0.391. The fourth-order valence-electron chi connectivity index (χ4n) is 4.02. The number of hydrogen-bond acceptors (Lipinski definition) is 6. The van der Waals surface area contributed by atoms with Gasteiger partial charge in [0.2, 0.25) is 0 Å². The van der Waals surface area contributed by atoms with Crippen LogP contribution >= 0.6 is 0 Å². The molecule has 4 heterocycles. The molecule has 1 amide bonds. The molecule has 0 aliphatic carbocycles. The highest BCUT2D eigenvalue weighted by atomic mass is 16.2. The van der Waals surface area contributed by atoms with Crippen molar-refractivity contribution < 1.29 is 4.79 Å². The normalized spacial score (nSPS) is 14.3. The molecule has 4 rings (SSSR count). The Hall–Kier alpha value is -3.49. The fourth-order valence-corrected chi connectivity index (χ4v) is 4.02. The van der Waals surface area contributed by atoms with Gasteiger partial charge in [0.15, 0.2) is 0 Å². The molecule has 0 aromatic carbocycles. The summed E-state index contributed by atoms with van der Waals surface area (Å²) in [5.74, 6) is 0.627. The zero-order valence-corrected chi connectivity index (χ0v) is 18.3. The van der Waals surface area contributed by atoms with E-state index in [2.05, 4.69) is 25.2 Å². The van der Waals surface area contributed by atoms with Crippen LogP contribution in [0.15, 0.2) is 40.2 Å². The van der Waals surface area contributed by atoms with Crippen molar-refractivity contribution in [3.05, 3.63) is 62.6 Å². The molecule has 0 spiro atoms. The Balaban J connectivity index is 1.46. The molecular formula is C23H28N6O3. The smallest absolute Gasteiger partial charge is 0.329 e. The standard InChI is InChI=1S/C23H28N6O3/c1-2-9-29-20-18(22(31)27-23(29)32)12-17(15-25-20)21(30)26-14-16-7-8-19(24-13-16)28-10-5-3-4-6-11-28/h7-8,12-13,15H,2-6,9-11,14H2,1H3,(H,26,30)(H,27,31,32). The number of anilines is 1. The average Bonchev–Trinajstić information content (AvgIpc) is 3.10. The van der Waals surface area contributed by atoms with Gasteiger partial charge in [-0.05, 0) is 37.0 Å². The van der Waals surface area contributed by atoms with Crippen molar-refractivity contribution in [2.45, 2.75) is 52.1 Å². The Labute approximate surface area is 185 Å². The van der Waals surface area contributed by atoms with Crippen molar-refractivity contribution in [3.8, 4) is 0 Å². The number of H-pyrrole nitrogens is 1. The third-order valence-electron chi connectivity index (χ3n) is 5.73. The highest BCUT2D eigenvalue weighted by Crippen LogP contribution is 2.17. The second-order valence-corrected chi connectivity index (χ2v) is 8.11. The van der Waals surface area contributed by atoms with Gasteiger partial charge in [-0.1, -0.05) is 25.8 Å². The number of aromatic amines is 1. The van der Waals surface area contributed by atoms with Gasteiger partial charge in [-0.2, -0.15) is 0 Å². The number of hydrogen-bond donors (Lipinski definition) is 2. The van der Waals surface area contributed by atoms with E-state index >= 15 is 0 Å². The van der Waals surface area contributed by atoms with Gasteiger partial charge in [-0.15, -0.1) is 0 Å². The number of aromatic nitrogens is 4. The zero-order valence-electron chi connectivity index (χ0n) is 18.3. The number of nitrogens with one attached hydrogen (secondary N) is 2. The first kappa shape index (κ1) is 21.7. The predicted molar refractivity (Wildman–Crippen MR) is 123 cm³/mol. The Bertz CT molecular complexity index is 1210. The van der Waals surface area contributed by atoms with Crippen molar-refractivity contribution in [3.63, 3.8) is 0 Å². The quantitative estimate of drug-likeness (QED) is 0.613. The molecule has 1 aliphatic heterocycles. The molecule has 0 radical (unpaired) electrons. The van der Waals surface area contributed by atoms with E-state index in [1.165, 1.54) is 42.5 Å². The Kier molecular flexibility index (Phi) is 6.63. The van der Waals surface area contributed by atoms with E-state index in [0.29, 0.717) is 13.1 Å². The molecule has 3 aromatic heterocycles. The first-order chi connectivity index (χ1) is 15.6. The van der Waals surface area contributed by atoms with Gasteiger partial charge in [0.05, 0.1) is 10.9 Å². The van der Waals surface area contributed by atoms with Crippen LogP contribution in [0.2, 0.25) is 0 Å². The number of carbonyl (C=O) groups is 1. The minimum atomic E-state index is -0.548. The van der Waals surface area contributed by atoms with Crippen LogP contribution in [0.5, 0.6) is 0 Å². The van der Waals surface area contributed by atoms with E-state index in [1.54, 1.807) is 6.20 Å². The van der Waals surface area contributed by atoms with E-state index in [0.717, 1.165) is 30.9 Å². The molecule has 1 saturated heterocycles. The summed E-state index contributed by atoms with van der Waals surface area (Å²) in [5, 5.41) is 3.06. The van der Waals surface area contributed by atoms with Gasteiger partial charge in [-0.3, -0.25) is 19.1 Å². The first-order valence-electron chi connectivity index (χ1n) is 11.2. The maximum absolute atomic E-state index is 12.6. The molecule has 0 atom stereocenters. The average molecular weight is 437 g/mol. The van der Waals surface area contributed by atoms with E-state index in [1.807, 2.05) is 19.1 Å². The van der Waals surface area contributed by atoms with Gasteiger partial charge in [0, 0.05) is 38.6 Å².